The number of hydrogen-bond acceptors (Lipinski definition) is 10. The summed E-state index contributed by atoms with van der Waals surface area (Å²) in [6.07, 6.45) is -1.08. The van der Waals surface area contributed by atoms with E-state index in [0.717, 1.165) is 11.3 Å². The van der Waals surface area contributed by atoms with Gasteiger partial charge in [-0.15, -0.1) is 0 Å². The third-order valence-corrected chi connectivity index (χ3v) is 10.7. The van der Waals surface area contributed by atoms with Gasteiger partial charge in [-0.25, -0.2) is 17.9 Å². The summed E-state index contributed by atoms with van der Waals surface area (Å²) in [4.78, 5) is 19.2. The second-order valence-corrected chi connectivity index (χ2v) is 14.9. The molecule has 0 aliphatic carbocycles. The summed E-state index contributed by atoms with van der Waals surface area (Å²) in [6.45, 7) is 6.35. The van der Waals surface area contributed by atoms with Gasteiger partial charge < -0.3 is 34.0 Å². The van der Waals surface area contributed by atoms with E-state index in [-0.39, 0.29) is 37.1 Å². The van der Waals surface area contributed by atoms with Crippen LogP contribution in [0.4, 0.5) is 4.79 Å². The van der Waals surface area contributed by atoms with Crippen LogP contribution in [0.2, 0.25) is 0 Å². The monoisotopic (exact) mass is 675 g/mol. The van der Waals surface area contributed by atoms with Gasteiger partial charge in [0.05, 0.1) is 48.1 Å². The van der Waals surface area contributed by atoms with E-state index in [1.54, 1.807) is 0 Å². The minimum atomic E-state index is -4.22. The minimum Gasteiger partial charge on any atom is -0.465 e. The van der Waals surface area contributed by atoms with Gasteiger partial charge in [0.2, 0.25) is 16.8 Å². The zero-order chi connectivity index (χ0) is 33.8. The van der Waals surface area contributed by atoms with Crippen molar-refractivity contribution in [3.05, 3.63) is 54.1 Å². The van der Waals surface area contributed by atoms with Crippen LogP contribution in [-0.2, 0) is 30.8 Å². The Morgan fingerprint density at radius 1 is 1.15 bits per heavy atom. The van der Waals surface area contributed by atoms with Crippen LogP contribution in [0, 0.1) is 11.3 Å². The number of rotatable bonds is 15. The lowest BCUT2D eigenvalue weighted by Gasteiger charge is -2.42. The Labute approximate surface area is 275 Å². The third-order valence-electron chi connectivity index (χ3n) is 9.18. The highest BCUT2D eigenvalue weighted by Crippen LogP contribution is 2.38. The van der Waals surface area contributed by atoms with Gasteiger partial charge in [-0.2, -0.15) is 0 Å². The van der Waals surface area contributed by atoms with E-state index in [9.17, 15) is 23.4 Å². The molecule has 6 atom stereocenters. The first-order valence-corrected chi connectivity index (χ1v) is 17.3. The van der Waals surface area contributed by atoms with Crippen molar-refractivity contribution in [3.63, 3.8) is 0 Å². The number of amides is 1. The highest BCUT2D eigenvalue weighted by Gasteiger charge is 2.50. The number of aliphatic hydroxyl groups excluding tert-OH is 1. The molecule has 0 bridgehead atoms. The Bertz CT molecular complexity index is 1520. The largest absolute Gasteiger partial charge is 0.465 e. The molecule has 1 unspecified atom stereocenters. The molecule has 13 nitrogen and oxygen atoms in total. The first-order valence-electron chi connectivity index (χ1n) is 15.8. The summed E-state index contributed by atoms with van der Waals surface area (Å²) in [5, 5.41) is 27.0. The van der Waals surface area contributed by atoms with Gasteiger partial charge in [0.1, 0.15) is 7.11 Å². The Morgan fingerprint density at radius 3 is 2.62 bits per heavy atom. The van der Waals surface area contributed by atoms with Crippen LogP contribution in [0.5, 0.6) is 11.5 Å². The number of benzene rings is 2. The number of ether oxygens (including phenoxy) is 4. The molecule has 3 N–H and O–H groups in total. The fourth-order valence-corrected chi connectivity index (χ4v) is 7.99. The molecule has 5 rings (SSSR count). The normalized spacial score (nSPS) is 22.8. The predicted octanol–water partition coefficient (Wildman–Crippen LogP) is 3.99. The minimum absolute atomic E-state index is 0.0163. The molecule has 2 aromatic carbocycles. The lowest BCUT2D eigenvalue weighted by molar-refractivity contribution is -0.0907. The van der Waals surface area contributed by atoms with Crippen molar-refractivity contribution in [2.24, 2.45) is 16.5 Å². The molecule has 2 fully saturated rings. The van der Waals surface area contributed by atoms with Crippen molar-refractivity contribution >= 4 is 21.8 Å². The first-order chi connectivity index (χ1) is 22.4. The van der Waals surface area contributed by atoms with Gasteiger partial charge in [-0.3, -0.25) is 4.90 Å². The predicted molar refractivity (Wildman–Crippen MR) is 172 cm³/mol. The Balaban J connectivity index is 1.51. The summed E-state index contributed by atoms with van der Waals surface area (Å²) in [5.74, 6) is 0.523. The van der Waals surface area contributed by atoms with E-state index in [1.165, 1.54) is 30.2 Å². The van der Waals surface area contributed by atoms with Gasteiger partial charge in [-0.05, 0) is 62.1 Å². The molecule has 2 saturated heterocycles. The van der Waals surface area contributed by atoms with Gasteiger partial charge in [0.25, 0.3) is 0 Å². The molecule has 2 aromatic rings. The maximum atomic E-state index is 14.0. The molecule has 47 heavy (non-hydrogen) atoms. The number of hydrogen-bond donors (Lipinski definition) is 3. The van der Waals surface area contributed by atoms with E-state index in [2.05, 4.69) is 9.88 Å². The van der Waals surface area contributed by atoms with Gasteiger partial charge in [-0.1, -0.05) is 49.3 Å². The third kappa shape index (κ3) is 8.36. The maximum absolute atomic E-state index is 14.0. The summed E-state index contributed by atoms with van der Waals surface area (Å²) in [6, 6.07) is 10.9. The summed E-state index contributed by atoms with van der Waals surface area (Å²) < 4.78 is 53.0. The van der Waals surface area contributed by atoms with Crippen molar-refractivity contribution in [3.8, 4) is 11.5 Å². The lowest BCUT2D eigenvalue weighted by atomic mass is 9.78. The van der Waals surface area contributed by atoms with E-state index < -0.39 is 52.1 Å². The molecule has 0 aromatic heterocycles. The molecule has 258 valence electrons. The topological polar surface area (TPSA) is 165 Å². The van der Waals surface area contributed by atoms with Gasteiger partial charge >= 0.3 is 6.09 Å². The van der Waals surface area contributed by atoms with Gasteiger partial charge in [0, 0.05) is 12.0 Å². The average Bonchev–Trinajstić information content (AvgIpc) is 3.78. The quantitative estimate of drug-likeness (QED) is 0.186. The highest BCUT2D eigenvalue weighted by atomic mass is 32.2. The second kappa shape index (κ2) is 14.8. The molecule has 0 spiro atoms. The van der Waals surface area contributed by atoms with Crippen molar-refractivity contribution in [1.82, 2.24) is 9.62 Å². The van der Waals surface area contributed by atoms with Gasteiger partial charge in [0.15, 0.2) is 17.8 Å². The SMILES string of the molecule is CON=C(C)CCC(C)(C)C[C@@H](NS(=O)(=O)c1ccc2c(c1)OCO2)[C@H](O)[C@H](Cc1ccccc1)N(C(=O)O)C1CO[C@H]2OCC[C@@H]12. The number of nitrogens with zero attached hydrogens (tertiary/aromatic N) is 2. The molecular weight excluding hydrogens is 630 g/mol. The van der Waals surface area contributed by atoms with Crippen LogP contribution >= 0.6 is 0 Å². The van der Waals surface area contributed by atoms with Crippen molar-refractivity contribution < 1.29 is 47.2 Å². The number of carboxylic acid groups (broad SMARTS) is 1. The maximum Gasteiger partial charge on any atom is 0.407 e. The van der Waals surface area contributed by atoms with Crippen LogP contribution < -0.4 is 14.2 Å². The molecule has 3 heterocycles. The van der Waals surface area contributed by atoms with Crippen LogP contribution in [0.15, 0.2) is 58.6 Å². The van der Waals surface area contributed by atoms with Crippen LogP contribution in [0.25, 0.3) is 0 Å². The van der Waals surface area contributed by atoms with E-state index >= 15 is 0 Å². The molecule has 0 radical (unpaired) electrons. The Kier molecular flexibility index (Phi) is 11.0. The van der Waals surface area contributed by atoms with Crippen LogP contribution in [-0.4, -0.2) is 93.0 Å². The average molecular weight is 676 g/mol. The summed E-state index contributed by atoms with van der Waals surface area (Å²) >= 11 is 0. The number of fused-ring (bicyclic) bond motifs is 2. The number of aliphatic hydroxyl groups is 1. The van der Waals surface area contributed by atoms with Crippen molar-refractivity contribution in [1.29, 1.82) is 0 Å². The van der Waals surface area contributed by atoms with Crippen LogP contribution in [0.3, 0.4) is 0 Å². The molecule has 3 aliphatic rings. The van der Waals surface area contributed by atoms with E-state index in [1.807, 2.05) is 51.1 Å². The number of oxime groups is 1. The zero-order valence-corrected chi connectivity index (χ0v) is 28.0. The fraction of sp³-hybridized carbons (Fsp3) is 0.576. The molecule has 1 amide bonds. The van der Waals surface area contributed by atoms with Crippen LogP contribution in [0.1, 0.15) is 52.0 Å². The fourth-order valence-electron chi connectivity index (χ4n) is 6.73. The smallest absolute Gasteiger partial charge is 0.407 e. The first kappa shape index (κ1) is 34.9. The Morgan fingerprint density at radius 2 is 1.89 bits per heavy atom. The van der Waals surface area contributed by atoms with Crippen molar-refractivity contribution in [2.45, 2.75) is 88.3 Å². The lowest BCUT2D eigenvalue weighted by Crippen LogP contribution is -2.60. The standard InChI is InChI=1S/C33H45N3O10S/c1-21(34-42-4)12-14-33(2,3)18-25(35-47(40,41)23-10-11-28-29(17-23)46-20-45-28)30(37)26(16-22-8-6-5-7-9-22)36(32(38)39)27-19-44-31-24(27)13-15-43-31/h5-11,17,24-27,30-31,35,37H,12-16,18-20H2,1-4H3,(H,38,39)/t24-,25+,26-,27?,30-,31+/m0/s1. The van der Waals surface area contributed by atoms with Crippen molar-refractivity contribution in [2.75, 3.05) is 27.1 Å². The second-order valence-electron chi connectivity index (χ2n) is 13.2. The number of sulfonamides is 1. The number of nitrogens with one attached hydrogen (secondary N) is 1. The van der Waals surface area contributed by atoms with E-state index in [0.29, 0.717) is 37.4 Å². The zero-order valence-electron chi connectivity index (χ0n) is 27.2. The molecule has 0 saturated carbocycles. The highest BCUT2D eigenvalue weighted by molar-refractivity contribution is 7.89. The van der Waals surface area contributed by atoms with E-state index in [4.69, 9.17) is 23.8 Å². The Hall–Kier alpha value is -3.43. The number of carbonyl (C=O) groups is 1. The molecule has 3 aliphatic heterocycles. The molecular formula is C33H45N3O10S. The molecule has 14 heteroatoms. The summed E-state index contributed by atoms with van der Waals surface area (Å²) in [7, 11) is -2.75. The summed E-state index contributed by atoms with van der Waals surface area (Å²) in [5.41, 5.74) is 1.05.